The summed E-state index contributed by atoms with van der Waals surface area (Å²) in [7, 11) is 6.04. The molecule has 0 saturated carbocycles. The maximum absolute atomic E-state index is 12.1. The van der Waals surface area contributed by atoms with E-state index in [1.165, 1.54) is 28.4 Å². The van der Waals surface area contributed by atoms with Crippen LogP contribution in [-0.4, -0.2) is 34.3 Å². The van der Waals surface area contributed by atoms with E-state index in [0.29, 0.717) is 39.8 Å². The van der Waals surface area contributed by atoms with Crippen LogP contribution >= 0.6 is 0 Å². The van der Waals surface area contributed by atoms with E-state index < -0.39 is 5.91 Å². The first-order valence-electron chi connectivity index (χ1n) is 7.70. The zero-order valence-electron chi connectivity index (χ0n) is 15.2. The zero-order chi connectivity index (χ0) is 19.3. The number of amides is 1. The summed E-state index contributed by atoms with van der Waals surface area (Å²) in [4.78, 5) is 12.1. The van der Waals surface area contributed by atoms with E-state index in [-0.39, 0.29) is 5.57 Å². The van der Waals surface area contributed by atoms with Gasteiger partial charge in [0.1, 0.15) is 5.75 Å². The second-order valence-corrected chi connectivity index (χ2v) is 5.34. The van der Waals surface area contributed by atoms with Gasteiger partial charge in [0.2, 0.25) is 11.7 Å². The Morgan fingerprint density at radius 1 is 0.885 bits per heavy atom. The maximum atomic E-state index is 12.1. The van der Waals surface area contributed by atoms with E-state index in [2.05, 4.69) is 0 Å². The second-order valence-electron chi connectivity index (χ2n) is 5.34. The molecule has 0 aliphatic carbocycles. The Balaban J connectivity index is 2.60. The Hall–Kier alpha value is -3.35. The minimum atomic E-state index is -0.603. The molecule has 0 saturated heterocycles. The number of nitrogen functional groups attached to an aromatic ring is 1. The van der Waals surface area contributed by atoms with Crippen LogP contribution < -0.4 is 30.4 Å². The van der Waals surface area contributed by atoms with E-state index in [0.717, 1.165) is 0 Å². The number of carbonyl (C=O) groups is 1. The predicted molar refractivity (Wildman–Crippen MR) is 101 cm³/mol. The van der Waals surface area contributed by atoms with Crippen LogP contribution in [0.15, 0.2) is 30.3 Å². The molecule has 1 amide bonds. The molecule has 4 N–H and O–H groups in total. The third kappa shape index (κ3) is 3.83. The van der Waals surface area contributed by atoms with Gasteiger partial charge >= 0.3 is 0 Å². The second kappa shape index (κ2) is 8.15. The van der Waals surface area contributed by atoms with Crippen LogP contribution in [0.5, 0.6) is 23.0 Å². The smallest absolute Gasteiger partial charge is 0.249 e. The van der Waals surface area contributed by atoms with Gasteiger partial charge in [0.25, 0.3) is 0 Å². The van der Waals surface area contributed by atoms with Crippen molar-refractivity contribution in [1.29, 1.82) is 0 Å². The molecule has 0 aliphatic heterocycles. The Labute approximate surface area is 152 Å². The lowest BCUT2D eigenvalue weighted by Crippen LogP contribution is -2.13. The summed E-state index contributed by atoms with van der Waals surface area (Å²) in [5, 5.41) is 0. The first-order valence-corrected chi connectivity index (χ1v) is 7.70. The molecule has 0 radical (unpaired) electrons. The predicted octanol–water partition coefficient (Wildman–Crippen LogP) is 2.33. The monoisotopic (exact) mass is 358 g/mol. The Kier molecular flexibility index (Phi) is 5.95. The van der Waals surface area contributed by atoms with Gasteiger partial charge in [0.05, 0.1) is 34.1 Å². The molecule has 0 atom stereocenters. The summed E-state index contributed by atoms with van der Waals surface area (Å²) in [6.07, 6.45) is 1.64. The molecule has 0 aliphatic rings. The van der Waals surface area contributed by atoms with Crippen LogP contribution in [-0.2, 0) is 4.79 Å². The number of benzene rings is 2. The van der Waals surface area contributed by atoms with Crippen molar-refractivity contribution in [3.05, 3.63) is 41.5 Å². The van der Waals surface area contributed by atoms with Gasteiger partial charge in [-0.2, -0.15) is 0 Å². The molecule has 0 spiro atoms. The summed E-state index contributed by atoms with van der Waals surface area (Å²) in [5.41, 5.74) is 13.5. The average Bonchev–Trinajstić information content (AvgIpc) is 2.64. The minimum absolute atomic E-state index is 0.272. The lowest BCUT2D eigenvalue weighted by molar-refractivity contribution is -0.112. The summed E-state index contributed by atoms with van der Waals surface area (Å²) in [6, 6.07) is 8.50. The molecule has 138 valence electrons. The minimum Gasteiger partial charge on any atom is -0.495 e. The molecule has 7 nitrogen and oxygen atoms in total. The van der Waals surface area contributed by atoms with Gasteiger partial charge in [-0.25, -0.2) is 0 Å². The molecule has 0 bridgehead atoms. The Morgan fingerprint density at radius 2 is 1.46 bits per heavy atom. The van der Waals surface area contributed by atoms with E-state index in [4.69, 9.17) is 30.4 Å². The molecule has 7 heteroatoms. The highest BCUT2D eigenvalue weighted by molar-refractivity contribution is 6.23. The third-order valence-corrected chi connectivity index (χ3v) is 3.81. The van der Waals surface area contributed by atoms with Crippen LogP contribution in [0.1, 0.15) is 11.1 Å². The van der Waals surface area contributed by atoms with Crippen molar-refractivity contribution in [2.75, 3.05) is 34.2 Å². The largest absolute Gasteiger partial charge is 0.495 e. The van der Waals surface area contributed by atoms with E-state index >= 15 is 0 Å². The number of hydrogen-bond acceptors (Lipinski definition) is 6. The average molecular weight is 358 g/mol. The van der Waals surface area contributed by atoms with Crippen molar-refractivity contribution in [2.24, 2.45) is 5.73 Å². The van der Waals surface area contributed by atoms with E-state index in [9.17, 15) is 4.79 Å². The summed E-state index contributed by atoms with van der Waals surface area (Å²) < 4.78 is 21.1. The number of hydrogen-bond donors (Lipinski definition) is 2. The normalized spacial score (nSPS) is 11.0. The summed E-state index contributed by atoms with van der Waals surface area (Å²) in [6.45, 7) is 0. The molecule has 0 aromatic heterocycles. The van der Waals surface area contributed by atoms with Crippen molar-refractivity contribution < 1.29 is 23.7 Å². The highest BCUT2D eigenvalue weighted by Crippen LogP contribution is 2.40. The summed E-state index contributed by atoms with van der Waals surface area (Å²) >= 11 is 0. The van der Waals surface area contributed by atoms with Gasteiger partial charge in [-0.1, -0.05) is 6.07 Å². The molecular weight excluding hydrogens is 336 g/mol. The van der Waals surface area contributed by atoms with Gasteiger partial charge in [-0.3, -0.25) is 4.79 Å². The number of methoxy groups -OCH3 is 4. The van der Waals surface area contributed by atoms with Crippen LogP contribution in [0.3, 0.4) is 0 Å². The van der Waals surface area contributed by atoms with Crippen molar-refractivity contribution in [3.63, 3.8) is 0 Å². The van der Waals surface area contributed by atoms with Crippen molar-refractivity contribution in [2.45, 2.75) is 0 Å². The molecule has 26 heavy (non-hydrogen) atoms. The Morgan fingerprint density at radius 3 is 1.88 bits per heavy atom. The van der Waals surface area contributed by atoms with Crippen LogP contribution in [0.4, 0.5) is 5.69 Å². The number of ether oxygens (including phenoxy) is 4. The van der Waals surface area contributed by atoms with Gasteiger partial charge in [0.15, 0.2) is 11.5 Å². The highest BCUT2D eigenvalue weighted by atomic mass is 16.5. The van der Waals surface area contributed by atoms with Gasteiger partial charge in [0, 0.05) is 5.57 Å². The number of rotatable bonds is 7. The van der Waals surface area contributed by atoms with Crippen LogP contribution in [0.2, 0.25) is 0 Å². The zero-order valence-corrected chi connectivity index (χ0v) is 15.2. The lowest BCUT2D eigenvalue weighted by Gasteiger charge is -2.15. The number of nitrogens with two attached hydrogens (primary N) is 2. The standard InChI is InChI=1S/C19H22N2O5/c1-23-15-6-5-11(8-14(15)20)7-13(19(21)22)12-9-16(24-2)18(26-4)17(10-12)25-3/h5-10H,20H2,1-4H3,(H2,21,22)/b13-7-. The SMILES string of the molecule is COc1ccc(/C=C(\C(N)=O)c2cc(OC)c(OC)c(OC)c2)cc1N. The maximum Gasteiger partial charge on any atom is 0.249 e. The first-order chi connectivity index (χ1) is 12.4. The van der Waals surface area contributed by atoms with Crippen LogP contribution in [0, 0.1) is 0 Å². The molecule has 0 unspecified atom stereocenters. The van der Waals surface area contributed by atoms with Gasteiger partial charge < -0.3 is 30.4 Å². The molecule has 2 aromatic carbocycles. The first kappa shape index (κ1) is 19.0. The lowest BCUT2D eigenvalue weighted by atomic mass is 10.0. The Bertz CT molecular complexity index is 821. The topological polar surface area (TPSA) is 106 Å². The summed E-state index contributed by atoms with van der Waals surface area (Å²) in [5.74, 6) is 1.21. The van der Waals surface area contributed by atoms with Gasteiger partial charge in [-0.15, -0.1) is 0 Å². The molecule has 2 aromatic rings. The number of primary amides is 1. The van der Waals surface area contributed by atoms with Gasteiger partial charge in [-0.05, 0) is 41.5 Å². The van der Waals surface area contributed by atoms with E-state index in [1.54, 1.807) is 36.4 Å². The molecular formula is C19H22N2O5. The molecule has 2 rings (SSSR count). The fraction of sp³-hybridized carbons (Fsp3) is 0.211. The molecule has 0 fully saturated rings. The fourth-order valence-electron chi connectivity index (χ4n) is 2.54. The van der Waals surface area contributed by atoms with Crippen molar-refractivity contribution in [3.8, 4) is 23.0 Å². The fourth-order valence-corrected chi connectivity index (χ4v) is 2.54. The highest BCUT2D eigenvalue weighted by Gasteiger charge is 2.17. The van der Waals surface area contributed by atoms with Crippen molar-refractivity contribution in [1.82, 2.24) is 0 Å². The molecule has 0 heterocycles. The van der Waals surface area contributed by atoms with E-state index in [1.807, 2.05) is 0 Å². The quantitative estimate of drug-likeness (QED) is 0.447. The van der Waals surface area contributed by atoms with Crippen molar-refractivity contribution >= 4 is 23.2 Å². The van der Waals surface area contributed by atoms with Crippen LogP contribution in [0.25, 0.3) is 11.6 Å². The number of anilines is 1. The third-order valence-electron chi connectivity index (χ3n) is 3.81. The number of carbonyl (C=O) groups excluding carboxylic acids is 1.